The third-order valence-corrected chi connectivity index (χ3v) is 2.75. The lowest BCUT2D eigenvalue weighted by molar-refractivity contribution is -0.121. The molecule has 1 aromatic rings. The second-order valence-electron chi connectivity index (χ2n) is 3.95. The first-order valence-electron chi connectivity index (χ1n) is 5.64. The highest BCUT2D eigenvalue weighted by molar-refractivity contribution is 5.99. The first-order chi connectivity index (χ1) is 8.20. The van der Waals surface area contributed by atoms with Gasteiger partial charge in [0.05, 0.1) is 6.42 Å². The van der Waals surface area contributed by atoms with Crippen molar-refractivity contribution in [1.29, 1.82) is 0 Å². The van der Waals surface area contributed by atoms with Crippen LogP contribution in [0.3, 0.4) is 0 Å². The van der Waals surface area contributed by atoms with E-state index in [4.69, 9.17) is 0 Å². The van der Waals surface area contributed by atoms with Crippen molar-refractivity contribution in [3.05, 3.63) is 29.8 Å². The third kappa shape index (κ3) is 2.62. The van der Waals surface area contributed by atoms with Crippen molar-refractivity contribution in [1.82, 2.24) is 10.9 Å². The Morgan fingerprint density at radius 3 is 2.88 bits per heavy atom. The van der Waals surface area contributed by atoms with Crippen molar-refractivity contribution < 1.29 is 9.59 Å². The zero-order valence-electron chi connectivity index (χ0n) is 9.62. The van der Waals surface area contributed by atoms with E-state index in [-0.39, 0.29) is 18.2 Å². The van der Waals surface area contributed by atoms with E-state index in [0.717, 1.165) is 17.7 Å². The minimum atomic E-state index is -0.493. The van der Waals surface area contributed by atoms with Crippen molar-refractivity contribution in [3.8, 4) is 0 Å². The van der Waals surface area contributed by atoms with Gasteiger partial charge in [-0.15, -0.1) is 0 Å². The second kappa shape index (κ2) is 4.97. The summed E-state index contributed by atoms with van der Waals surface area (Å²) in [6.45, 7) is 2.03. The van der Waals surface area contributed by atoms with Crippen LogP contribution in [0.15, 0.2) is 24.3 Å². The molecule has 0 spiro atoms. The Hall–Kier alpha value is -1.88. The molecule has 1 fully saturated rings. The summed E-state index contributed by atoms with van der Waals surface area (Å²) in [7, 11) is 0. The summed E-state index contributed by atoms with van der Waals surface area (Å²) in [6.07, 6.45) is 1.03. The van der Waals surface area contributed by atoms with Crippen LogP contribution in [0.1, 0.15) is 18.9 Å². The number of aryl methyl sites for hydroxylation is 1. The molecule has 0 aliphatic carbocycles. The maximum atomic E-state index is 11.9. The van der Waals surface area contributed by atoms with Gasteiger partial charge in [0.25, 0.3) is 0 Å². The Bertz CT molecular complexity index is 445. The van der Waals surface area contributed by atoms with Crippen LogP contribution in [-0.4, -0.2) is 17.9 Å². The van der Waals surface area contributed by atoms with Crippen LogP contribution in [0.5, 0.6) is 0 Å². The first kappa shape index (κ1) is 11.6. The van der Waals surface area contributed by atoms with Crippen molar-refractivity contribution >= 4 is 17.5 Å². The molecule has 90 valence electrons. The lowest BCUT2D eigenvalue weighted by atomic mass is 10.1. The van der Waals surface area contributed by atoms with E-state index in [2.05, 4.69) is 16.2 Å². The van der Waals surface area contributed by atoms with Crippen LogP contribution >= 0.6 is 0 Å². The number of hydrogen-bond acceptors (Lipinski definition) is 3. The van der Waals surface area contributed by atoms with Crippen molar-refractivity contribution in [2.45, 2.75) is 25.8 Å². The van der Waals surface area contributed by atoms with Crippen LogP contribution in [0.2, 0.25) is 0 Å². The van der Waals surface area contributed by atoms with E-state index >= 15 is 0 Å². The minimum absolute atomic E-state index is 0.158. The van der Waals surface area contributed by atoms with Gasteiger partial charge in [-0.3, -0.25) is 15.0 Å². The SMILES string of the molecule is CCc1ccccc1NC(=O)C1CC(=O)NN1. The zero-order chi connectivity index (χ0) is 12.3. The molecule has 0 bridgehead atoms. The van der Waals surface area contributed by atoms with E-state index in [1.165, 1.54) is 0 Å². The van der Waals surface area contributed by atoms with Gasteiger partial charge in [-0.1, -0.05) is 25.1 Å². The van der Waals surface area contributed by atoms with Crippen LogP contribution in [0, 0.1) is 0 Å². The van der Waals surface area contributed by atoms with Gasteiger partial charge in [-0.2, -0.15) is 0 Å². The molecule has 0 aromatic heterocycles. The molecule has 1 aromatic carbocycles. The fourth-order valence-corrected chi connectivity index (χ4v) is 1.78. The van der Waals surface area contributed by atoms with Gasteiger partial charge >= 0.3 is 0 Å². The average Bonchev–Trinajstić information content (AvgIpc) is 2.77. The average molecular weight is 233 g/mol. The Kier molecular flexibility index (Phi) is 3.39. The highest BCUT2D eigenvalue weighted by atomic mass is 16.2. The summed E-state index contributed by atoms with van der Waals surface area (Å²) in [4.78, 5) is 22.8. The maximum absolute atomic E-state index is 11.9. The van der Waals surface area contributed by atoms with Gasteiger partial charge in [-0.25, -0.2) is 5.43 Å². The van der Waals surface area contributed by atoms with Gasteiger partial charge in [0.15, 0.2) is 0 Å². The maximum Gasteiger partial charge on any atom is 0.243 e. The number of amides is 2. The molecule has 3 N–H and O–H groups in total. The molecule has 1 atom stereocenters. The number of nitrogens with one attached hydrogen (secondary N) is 3. The summed E-state index contributed by atoms with van der Waals surface area (Å²) in [5, 5.41) is 2.83. The summed E-state index contributed by atoms with van der Waals surface area (Å²) in [5.41, 5.74) is 6.96. The number of benzene rings is 1. The standard InChI is InChI=1S/C12H15N3O2/c1-2-8-5-3-4-6-9(8)13-12(17)10-7-11(16)15-14-10/h3-6,10,14H,2,7H2,1H3,(H,13,17)(H,15,16). The lowest BCUT2D eigenvalue weighted by Gasteiger charge is -2.12. The highest BCUT2D eigenvalue weighted by Crippen LogP contribution is 2.16. The number of rotatable bonds is 3. The fraction of sp³-hybridized carbons (Fsp3) is 0.333. The van der Waals surface area contributed by atoms with Crippen molar-refractivity contribution in [2.24, 2.45) is 0 Å². The van der Waals surface area contributed by atoms with Crippen LogP contribution in [0.4, 0.5) is 5.69 Å². The Labute approximate surface area is 99.6 Å². The smallest absolute Gasteiger partial charge is 0.243 e. The van der Waals surface area contributed by atoms with E-state index in [0.29, 0.717) is 0 Å². The summed E-state index contributed by atoms with van der Waals surface area (Å²) < 4.78 is 0. The zero-order valence-corrected chi connectivity index (χ0v) is 9.62. The molecule has 1 saturated heterocycles. The van der Waals surface area contributed by atoms with E-state index in [9.17, 15) is 9.59 Å². The Morgan fingerprint density at radius 1 is 1.47 bits per heavy atom. The van der Waals surface area contributed by atoms with E-state index in [1.807, 2.05) is 31.2 Å². The van der Waals surface area contributed by atoms with Gasteiger partial charge in [-0.05, 0) is 18.1 Å². The molecular weight excluding hydrogens is 218 g/mol. The van der Waals surface area contributed by atoms with Crippen molar-refractivity contribution in [2.75, 3.05) is 5.32 Å². The molecule has 1 unspecified atom stereocenters. The molecule has 5 nitrogen and oxygen atoms in total. The number of carbonyl (C=O) groups is 2. The number of anilines is 1. The molecular formula is C12H15N3O2. The topological polar surface area (TPSA) is 70.2 Å². The minimum Gasteiger partial charge on any atom is -0.324 e. The molecule has 5 heteroatoms. The van der Waals surface area contributed by atoms with Gasteiger partial charge in [0.1, 0.15) is 6.04 Å². The molecule has 0 radical (unpaired) electrons. The van der Waals surface area contributed by atoms with Gasteiger partial charge in [0.2, 0.25) is 11.8 Å². The monoisotopic (exact) mass is 233 g/mol. The molecule has 17 heavy (non-hydrogen) atoms. The molecule has 1 aliphatic rings. The second-order valence-corrected chi connectivity index (χ2v) is 3.95. The van der Waals surface area contributed by atoms with E-state index in [1.54, 1.807) is 0 Å². The lowest BCUT2D eigenvalue weighted by Crippen LogP contribution is -2.39. The number of hydrogen-bond donors (Lipinski definition) is 3. The van der Waals surface area contributed by atoms with Crippen molar-refractivity contribution in [3.63, 3.8) is 0 Å². The summed E-state index contributed by atoms with van der Waals surface area (Å²) >= 11 is 0. The number of para-hydroxylation sites is 1. The summed E-state index contributed by atoms with van der Waals surface area (Å²) in [5.74, 6) is -0.349. The van der Waals surface area contributed by atoms with Gasteiger partial charge < -0.3 is 5.32 Å². The predicted molar refractivity (Wildman–Crippen MR) is 64.1 cm³/mol. The normalized spacial score (nSPS) is 18.9. The quantitative estimate of drug-likeness (QED) is 0.715. The Balaban J connectivity index is 2.05. The summed E-state index contributed by atoms with van der Waals surface area (Å²) in [6, 6.07) is 7.16. The van der Waals surface area contributed by atoms with E-state index < -0.39 is 6.04 Å². The fourth-order valence-electron chi connectivity index (χ4n) is 1.78. The first-order valence-corrected chi connectivity index (χ1v) is 5.64. The molecule has 2 amide bonds. The van der Waals surface area contributed by atoms with Crippen LogP contribution in [0.25, 0.3) is 0 Å². The largest absolute Gasteiger partial charge is 0.324 e. The highest BCUT2D eigenvalue weighted by Gasteiger charge is 2.27. The molecule has 2 rings (SSSR count). The predicted octanol–water partition coefficient (Wildman–Crippen LogP) is 0.581. The molecule has 0 saturated carbocycles. The third-order valence-electron chi connectivity index (χ3n) is 2.75. The number of carbonyl (C=O) groups excluding carboxylic acids is 2. The number of hydrazine groups is 1. The molecule has 1 heterocycles. The molecule has 1 aliphatic heterocycles. The van der Waals surface area contributed by atoms with Crippen LogP contribution in [-0.2, 0) is 16.0 Å². The van der Waals surface area contributed by atoms with Gasteiger partial charge in [0, 0.05) is 5.69 Å². The van der Waals surface area contributed by atoms with Crippen LogP contribution < -0.4 is 16.2 Å². The Morgan fingerprint density at radius 2 is 2.24 bits per heavy atom.